The van der Waals surface area contributed by atoms with Crippen LogP contribution in [0.1, 0.15) is 18.4 Å². The molecule has 2 bridgehead atoms. The Kier molecular flexibility index (Phi) is 3.11. The van der Waals surface area contributed by atoms with E-state index >= 15 is 0 Å². The fourth-order valence-corrected chi connectivity index (χ4v) is 3.16. The second kappa shape index (κ2) is 4.59. The van der Waals surface area contributed by atoms with E-state index in [1.165, 1.54) is 18.4 Å². The third-order valence-corrected chi connectivity index (χ3v) is 4.17. The minimum absolute atomic E-state index is 0.302. The summed E-state index contributed by atoms with van der Waals surface area (Å²) in [6, 6.07) is 5.72. The third-order valence-electron chi connectivity index (χ3n) is 3.54. The topological polar surface area (TPSA) is 32.7 Å². The molecule has 2 aliphatic rings. The van der Waals surface area contributed by atoms with Gasteiger partial charge in [-0.15, -0.1) is 0 Å². The summed E-state index contributed by atoms with van der Waals surface area (Å²) in [7, 11) is 0. The predicted octanol–water partition coefficient (Wildman–Crippen LogP) is 2.52. The summed E-state index contributed by atoms with van der Waals surface area (Å²) in [6.07, 6.45) is 3.30. The van der Waals surface area contributed by atoms with Gasteiger partial charge in [0.15, 0.2) is 0 Å². The number of morpholine rings is 1. The van der Waals surface area contributed by atoms with E-state index < -0.39 is 0 Å². The van der Waals surface area contributed by atoms with Crippen LogP contribution in [0.25, 0.3) is 0 Å². The number of benzene rings is 1. The second-order valence-electron chi connectivity index (χ2n) is 4.94. The van der Waals surface area contributed by atoms with Crippen molar-refractivity contribution in [1.82, 2.24) is 4.90 Å². The Balaban J connectivity index is 1.68. The molecule has 1 aromatic rings. The first-order valence-corrected chi connectivity index (χ1v) is 6.85. The van der Waals surface area contributed by atoms with Crippen LogP contribution in [-0.2, 0) is 11.3 Å². The van der Waals surface area contributed by atoms with Gasteiger partial charge in [-0.05, 0) is 46.5 Å². The Morgan fingerprint density at radius 1 is 1.29 bits per heavy atom. The van der Waals surface area contributed by atoms with Crippen LogP contribution in [0.3, 0.4) is 0 Å². The summed E-state index contributed by atoms with van der Waals surface area (Å²) in [5, 5.41) is 9.46. The number of nitrogens with zero attached hydrogens (tertiary/aromatic N) is 1. The summed E-state index contributed by atoms with van der Waals surface area (Å²) in [6.45, 7) is 3.01. The number of phenolic OH excluding ortho intramolecular Hbond substituents is 1. The molecule has 2 unspecified atom stereocenters. The average Bonchev–Trinajstić information content (AvgIpc) is 2.64. The van der Waals surface area contributed by atoms with Gasteiger partial charge >= 0.3 is 0 Å². The van der Waals surface area contributed by atoms with Gasteiger partial charge in [-0.2, -0.15) is 0 Å². The first-order chi connectivity index (χ1) is 8.20. The van der Waals surface area contributed by atoms with Crippen molar-refractivity contribution in [3.8, 4) is 5.75 Å². The van der Waals surface area contributed by atoms with E-state index in [-0.39, 0.29) is 0 Å². The largest absolute Gasteiger partial charge is 0.507 e. The maximum atomic E-state index is 9.46. The number of hydrogen-bond acceptors (Lipinski definition) is 3. The lowest BCUT2D eigenvalue weighted by Crippen LogP contribution is -2.41. The molecule has 0 spiro atoms. The minimum atomic E-state index is 0.302. The number of aromatic hydroxyl groups is 1. The van der Waals surface area contributed by atoms with Crippen molar-refractivity contribution in [3.05, 3.63) is 28.2 Å². The average molecular weight is 298 g/mol. The summed E-state index contributed by atoms with van der Waals surface area (Å²) >= 11 is 3.35. The molecule has 0 radical (unpaired) electrons. The first-order valence-electron chi connectivity index (χ1n) is 6.06. The van der Waals surface area contributed by atoms with Crippen LogP contribution in [0, 0.1) is 0 Å². The Bertz CT molecular complexity index is 412. The van der Waals surface area contributed by atoms with Crippen LogP contribution in [0.4, 0.5) is 0 Å². The van der Waals surface area contributed by atoms with Gasteiger partial charge in [-0.3, -0.25) is 4.90 Å². The zero-order valence-electron chi connectivity index (χ0n) is 9.60. The molecule has 1 aromatic carbocycles. The molecule has 2 fully saturated rings. The van der Waals surface area contributed by atoms with Gasteiger partial charge in [0.1, 0.15) is 5.75 Å². The number of fused-ring (bicyclic) bond motifs is 2. The Morgan fingerprint density at radius 2 is 2.00 bits per heavy atom. The van der Waals surface area contributed by atoms with Crippen LogP contribution < -0.4 is 0 Å². The van der Waals surface area contributed by atoms with Crippen LogP contribution in [0.5, 0.6) is 5.75 Å². The van der Waals surface area contributed by atoms with E-state index in [4.69, 9.17) is 4.74 Å². The number of likely N-dealkylation sites (tertiary alicyclic amines) is 1. The first kappa shape index (κ1) is 11.5. The molecule has 4 heteroatoms. The Morgan fingerprint density at radius 3 is 2.65 bits per heavy atom. The molecule has 0 aromatic heterocycles. The lowest BCUT2D eigenvalue weighted by atomic mass is 10.2. The summed E-state index contributed by atoms with van der Waals surface area (Å²) < 4.78 is 6.59. The summed E-state index contributed by atoms with van der Waals surface area (Å²) in [5.41, 5.74) is 1.23. The maximum Gasteiger partial charge on any atom is 0.129 e. The van der Waals surface area contributed by atoms with Crippen molar-refractivity contribution in [3.63, 3.8) is 0 Å². The van der Waals surface area contributed by atoms with E-state index in [1.807, 2.05) is 12.1 Å². The van der Waals surface area contributed by atoms with Crippen LogP contribution >= 0.6 is 15.9 Å². The maximum absolute atomic E-state index is 9.46. The van der Waals surface area contributed by atoms with Crippen molar-refractivity contribution in [2.45, 2.75) is 31.6 Å². The van der Waals surface area contributed by atoms with Crippen molar-refractivity contribution in [2.24, 2.45) is 0 Å². The quantitative estimate of drug-likeness (QED) is 0.910. The number of hydrogen-bond donors (Lipinski definition) is 1. The highest BCUT2D eigenvalue weighted by molar-refractivity contribution is 9.10. The van der Waals surface area contributed by atoms with Crippen molar-refractivity contribution < 1.29 is 9.84 Å². The molecule has 0 amide bonds. The summed E-state index contributed by atoms with van der Waals surface area (Å²) in [4.78, 5) is 2.45. The minimum Gasteiger partial charge on any atom is -0.507 e. The summed E-state index contributed by atoms with van der Waals surface area (Å²) in [5.74, 6) is 0.302. The highest BCUT2D eigenvalue weighted by Crippen LogP contribution is 2.29. The number of phenols is 1. The fraction of sp³-hybridized carbons (Fsp3) is 0.538. The molecule has 17 heavy (non-hydrogen) atoms. The lowest BCUT2D eigenvalue weighted by Gasteiger charge is -2.32. The molecular formula is C13H16BrNO2. The van der Waals surface area contributed by atoms with Crippen LogP contribution in [-0.4, -0.2) is 35.3 Å². The standard InChI is InChI=1S/C13H16BrNO2/c14-12-5-9(1-4-13(12)16)6-15-7-10-2-3-11(8-15)17-10/h1,4-5,10-11,16H,2-3,6-8H2. The van der Waals surface area contributed by atoms with Crippen molar-refractivity contribution >= 4 is 15.9 Å². The predicted molar refractivity (Wildman–Crippen MR) is 69.0 cm³/mol. The van der Waals surface area contributed by atoms with E-state index in [0.717, 1.165) is 24.1 Å². The normalized spacial score (nSPS) is 28.5. The molecule has 0 saturated carbocycles. The Labute approximate surface area is 110 Å². The SMILES string of the molecule is Oc1ccc(CN2CC3CCC(C2)O3)cc1Br. The van der Waals surface area contributed by atoms with Gasteiger partial charge in [0, 0.05) is 19.6 Å². The van der Waals surface area contributed by atoms with Gasteiger partial charge < -0.3 is 9.84 Å². The zero-order chi connectivity index (χ0) is 11.8. The molecule has 2 aliphatic heterocycles. The second-order valence-corrected chi connectivity index (χ2v) is 5.79. The Hall–Kier alpha value is -0.580. The van der Waals surface area contributed by atoms with Gasteiger partial charge in [0.05, 0.1) is 16.7 Å². The van der Waals surface area contributed by atoms with Gasteiger partial charge in [-0.1, -0.05) is 6.07 Å². The van der Waals surface area contributed by atoms with E-state index in [9.17, 15) is 5.11 Å². The third kappa shape index (κ3) is 2.49. The molecule has 92 valence electrons. The highest BCUT2D eigenvalue weighted by Gasteiger charge is 2.33. The van der Waals surface area contributed by atoms with Gasteiger partial charge in [-0.25, -0.2) is 0 Å². The van der Waals surface area contributed by atoms with Crippen LogP contribution in [0.2, 0.25) is 0 Å². The number of halogens is 1. The van der Waals surface area contributed by atoms with Crippen LogP contribution in [0.15, 0.2) is 22.7 Å². The molecule has 0 aliphatic carbocycles. The molecule has 2 heterocycles. The molecule has 3 nitrogen and oxygen atoms in total. The molecular weight excluding hydrogens is 282 g/mol. The fourth-order valence-electron chi connectivity index (χ4n) is 2.74. The van der Waals surface area contributed by atoms with Crippen molar-refractivity contribution in [1.29, 1.82) is 0 Å². The lowest BCUT2D eigenvalue weighted by molar-refractivity contribution is -0.0410. The monoisotopic (exact) mass is 297 g/mol. The van der Waals surface area contributed by atoms with Gasteiger partial charge in [0.2, 0.25) is 0 Å². The molecule has 1 N–H and O–H groups in total. The molecule has 2 atom stereocenters. The van der Waals surface area contributed by atoms with Gasteiger partial charge in [0.25, 0.3) is 0 Å². The number of ether oxygens (including phenoxy) is 1. The highest BCUT2D eigenvalue weighted by atomic mass is 79.9. The molecule has 3 rings (SSSR count). The van der Waals surface area contributed by atoms with E-state index in [1.54, 1.807) is 6.07 Å². The smallest absolute Gasteiger partial charge is 0.129 e. The molecule has 2 saturated heterocycles. The van der Waals surface area contributed by atoms with E-state index in [2.05, 4.69) is 20.8 Å². The van der Waals surface area contributed by atoms with Crippen molar-refractivity contribution in [2.75, 3.05) is 13.1 Å². The number of rotatable bonds is 2. The zero-order valence-corrected chi connectivity index (χ0v) is 11.2. The van der Waals surface area contributed by atoms with E-state index in [0.29, 0.717) is 18.0 Å².